The lowest BCUT2D eigenvalue weighted by atomic mass is 10.2. The lowest BCUT2D eigenvalue weighted by molar-refractivity contribution is 0.0502. The Morgan fingerprint density at radius 1 is 1.26 bits per heavy atom. The zero-order chi connectivity index (χ0) is 19.6. The van der Waals surface area contributed by atoms with Crippen LogP contribution < -0.4 is 5.56 Å². The van der Waals surface area contributed by atoms with Crippen molar-refractivity contribution in [2.45, 2.75) is 26.3 Å². The van der Waals surface area contributed by atoms with Gasteiger partial charge >= 0.3 is 5.97 Å². The molecule has 0 saturated carbocycles. The van der Waals surface area contributed by atoms with E-state index >= 15 is 0 Å². The SMILES string of the molecule is CCCCOC(=O)c1csc2ncn(Cc3c(Cl)ccc(Cl)c3Cl)c(=O)c12. The molecule has 0 aliphatic heterocycles. The van der Waals surface area contributed by atoms with Crippen LogP contribution >= 0.6 is 46.1 Å². The van der Waals surface area contributed by atoms with Gasteiger partial charge in [0.1, 0.15) is 4.83 Å². The van der Waals surface area contributed by atoms with Crippen LogP contribution in [-0.2, 0) is 11.3 Å². The summed E-state index contributed by atoms with van der Waals surface area (Å²) >= 11 is 19.7. The molecule has 142 valence electrons. The van der Waals surface area contributed by atoms with Crippen molar-refractivity contribution >= 4 is 62.3 Å². The first-order valence-electron chi connectivity index (χ1n) is 8.20. The van der Waals surface area contributed by atoms with E-state index in [4.69, 9.17) is 39.5 Å². The molecule has 0 aliphatic carbocycles. The minimum Gasteiger partial charge on any atom is -0.462 e. The molecule has 1 aromatic carbocycles. The van der Waals surface area contributed by atoms with Crippen molar-refractivity contribution in [2.24, 2.45) is 0 Å². The molecule has 0 atom stereocenters. The lowest BCUT2D eigenvalue weighted by Crippen LogP contribution is -2.22. The van der Waals surface area contributed by atoms with Gasteiger partial charge in [-0.1, -0.05) is 48.1 Å². The number of hydrogen-bond donors (Lipinski definition) is 0. The zero-order valence-electron chi connectivity index (χ0n) is 14.3. The third-order valence-corrected chi connectivity index (χ3v) is 6.06. The van der Waals surface area contributed by atoms with Crippen LogP contribution in [-0.4, -0.2) is 22.1 Å². The van der Waals surface area contributed by atoms with E-state index in [9.17, 15) is 9.59 Å². The van der Waals surface area contributed by atoms with Gasteiger partial charge in [-0.05, 0) is 18.6 Å². The number of nitrogens with zero attached hydrogens (tertiary/aromatic N) is 2. The quantitative estimate of drug-likeness (QED) is 0.288. The average Bonchev–Trinajstić information content (AvgIpc) is 3.09. The Morgan fingerprint density at radius 3 is 2.74 bits per heavy atom. The standard InChI is InChI=1S/C18H15Cl3N2O3S/c1-2-3-6-26-18(25)11-8-27-16-14(11)17(24)23(9-22-16)7-10-12(19)4-5-13(20)15(10)21/h4-5,8-9H,2-3,6-7H2,1H3. The number of benzene rings is 1. The molecule has 0 unspecified atom stereocenters. The van der Waals surface area contributed by atoms with Gasteiger partial charge < -0.3 is 4.74 Å². The van der Waals surface area contributed by atoms with Crippen LogP contribution in [0.4, 0.5) is 0 Å². The van der Waals surface area contributed by atoms with Crippen molar-refractivity contribution in [2.75, 3.05) is 6.61 Å². The molecule has 5 nitrogen and oxygen atoms in total. The molecule has 0 amide bonds. The van der Waals surface area contributed by atoms with E-state index in [1.54, 1.807) is 17.5 Å². The van der Waals surface area contributed by atoms with Crippen molar-refractivity contribution in [3.63, 3.8) is 0 Å². The fourth-order valence-electron chi connectivity index (χ4n) is 2.50. The van der Waals surface area contributed by atoms with Crippen molar-refractivity contribution in [1.82, 2.24) is 9.55 Å². The predicted octanol–water partition coefficient (Wildman–Crippen LogP) is 5.42. The number of esters is 1. The lowest BCUT2D eigenvalue weighted by Gasteiger charge is -2.11. The Balaban J connectivity index is 2.01. The van der Waals surface area contributed by atoms with Gasteiger partial charge in [0.05, 0.1) is 40.5 Å². The minimum atomic E-state index is -0.523. The van der Waals surface area contributed by atoms with E-state index < -0.39 is 5.97 Å². The summed E-state index contributed by atoms with van der Waals surface area (Å²) in [6, 6.07) is 3.20. The Bertz CT molecular complexity index is 1060. The molecule has 27 heavy (non-hydrogen) atoms. The van der Waals surface area contributed by atoms with E-state index in [1.807, 2.05) is 6.92 Å². The molecular formula is C18H15Cl3N2O3S. The van der Waals surface area contributed by atoms with Gasteiger partial charge in [0.25, 0.3) is 5.56 Å². The van der Waals surface area contributed by atoms with Crippen molar-refractivity contribution in [3.8, 4) is 0 Å². The third-order valence-electron chi connectivity index (χ3n) is 3.98. The predicted molar refractivity (Wildman–Crippen MR) is 110 cm³/mol. The Labute approximate surface area is 174 Å². The average molecular weight is 446 g/mol. The molecule has 0 N–H and O–H groups in total. The van der Waals surface area contributed by atoms with Gasteiger partial charge in [0.15, 0.2) is 0 Å². The maximum absolute atomic E-state index is 13.0. The number of halogens is 3. The number of ether oxygens (including phenoxy) is 1. The van der Waals surface area contributed by atoms with Crippen LogP contribution in [0.25, 0.3) is 10.2 Å². The Morgan fingerprint density at radius 2 is 2.00 bits per heavy atom. The summed E-state index contributed by atoms with van der Waals surface area (Å²) in [6.45, 7) is 2.40. The minimum absolute atomic E-state index is 0.0835. The van der Waals surface area contributed by atoms with Gasteiger partial charge in [0, 0.05) is 16.0 Å². The monoisotopic (exact) mass is 444 g/mol. The number of carbonyl (C=O) groups excluding carboxylic acids is 1. The highest BCUT2D eigenvalue weighted by Gasteiger charge is 2.19. The number of unbranched alkanes of at least 4 members (excludes halogenated alkanes) is 1. The molecule has 0 saturated heterocycles. The van der Waals surface area contributed by atoms with E-state index in [2.05, 4.69) is 4.98 Å². The van der Waals surface area contributed by atoms with Crippen LogP contribution in [0.1, 0.15) is 35.7 Å². The van der Waals surface area contributed by atoms with Gasteiger partial charge in [-0.25, -0.2) is 9.78 Å². The molecule has 9 heteroatoms. The molecule has 0 spiro atoms. The molecule has 2 aromatic heterocycles. The van der Waals surface area contributed by atoms with Crippen LogP contribution in [0, 0.1) is 0 Å². The molecular weight excluding hydrogens is 431 g/mol. The second-order valence-electron chi connectivity index (χ2n) is 5.82. The number of hydrogen-bond acceptors (Lipinski definition) is 5. The molecule has 0 aliphatic rings. The summed E-state index contributed by atoms with van der Waals surface area (Å²) in [7, 11) is 0. The summed E-state index contributed by atoms with van der Waals surface area (Å²) < 4.78 is 6.58. The van der Waals surface area contributed by atoms with Crippen LogP contribution in [0.3, 0.4) is 0 Å². The van der Waals surface area contributed by atoms with Crippen molar-refractivity contribution < 1.29 is 9.53 Å². The van der Waals surface area contributed by atoms with E-state index in [1.165, 1.54) is 22.2 Å². The maximum atomic E-state index is 13.0. The number of thiophene rings is 1. The summed E-state index contributed by atoms with van der Waals surface area (Å²) in [6.07, 6.45) is 3.08. The fraction of sp³-hybridized carbons (Fsp3) is 0.278. The van der Waals surface area contributed by atoms with E-state index in [0.717, 1.165) is 12.8 Å². The smallest absolute Gasteiger partial charge is 0.339 e. The zero-order valence-corrected chi connectivity index (χ0v) is 17.4. The van der Waals surface area contributed by atoms with Crippen LogP contribution in [0.15, 0.2) is 28.6 Å². The normalized spacial score (nSPS) is 11.1. The van der Waals surface area contributed by atoms with Gasteiger partial charge in [-0.15, -0.1) is 11.3 Å². The fourth-order valence-corrected chi connectivity index (χ4v) is 4.04. The first kappa shape index (κ1) is 20.1. The number of carbonyl (C=O) groups is 1. The topological polar surface area (TPSA) is 61.2 Å². The second-order valence-corrected chi connectivity index (χ2v) is 7.87. The van der Waals surface area contributed by atoms with Crippen molar-refractivity contribution in [1.29, 1.82) is 0 Å². The summed E-state index contributed by atoms with van der Waals surface area (Å²) in [5, 5.41) is 2.84. The van der Waals surface area contributed by atoms with Crippen LogP contribution in [0.2, 0.25) is 15.1 Å². The highest BCUT2D eigenvalue weighted by Crippen LogP contribution is 2.32. The Kier molecular flexibility index (Phi) is 6.42. The maximum Gasteiger partial charge on any atom is 0.339 e. The van der Waals surface area contributed by atoms with E-state index in [-0.39, 0.29) is 28.1 Å². The highest BCUT2D eigenvalue weighted by molar-refractivity contribution is 7.17. The largest absolute Gasteiger partial charge is 0.462 e. The molecule has 2 heterocycles. The van der Waals surface area contributed by atoms with Crippen LogP contribution in [0.5, 0.6) is 0 Å². The molecule has 3 aromatic rings. The van der Waals surface area contributed by atoms with Crippen molar-refractivity contribution in [3.05, 3.63) is 60.4 Å². The van der Waals surface area contributed by atoms with Gasteiger partial charge in [-0.3, -0.25) is 9.36 Å². The summed E-state index contributed by atoms with van der Waals surface area (Å²) in [5.41, 5.74) is 0.369. The van der Waals surface area contributed by atoms with E-state index in [0.29, 0.717) is 27.0 Å². The third kappa shape index (κ3) is 4.14. The molecule has 0 bridgehead atoms. The highest BCUT2D eigenvalue weighted by atomic mass is 35.5. The molecule has 0 radical (unpaired) electrons. The second kappa shape index (κ2) is 8.61. The number of fused-ring (bicyclic) bond motifs is 1. The Hall–Kier alpha value is -1.60. The number of aromatic nitrogens is 2. The number of rotatable bonds is 6. The molecule has 3 rings (SSSR count). The van der Waals surface area contributed by atoms with Gasteiger partial charge in [0.2, 0.25) is 0 Å². The van der Waals surface area contributed by atoms with Gasteiger partial charge in [-0.2, -0.15) is 0 Å². The first-order chi connectivity index (χ1) is 12.9. The first-order valence-corrected chi connectivity index (χ1v) is 10.2. The summed E-state index contributed by atoms with van der Waals surface area (Å²) in [4.78, 5) is 30.0. The molecule has 0 fully saturated rings. The summed E-state index contributed by atoms with van der Waals surface area (Å²) in [5.74, 6) is -0.523.